The summed E-state index contributed by atoms with van der Waals surface area (Å²) in [6.45, 7) is 0. The zero-order valence-corrected chi connectivity index (χ0v) is 14.4. The molecule has 0 N–H and O–H groups in total. The standard InChI is InChI=1S/C15H12.2BrH.Ti/c1-2-6-12(7-3-1)15-11-10-13-8-4-5-9-14(13)15;;;/h1-11,15H;2*1H;/q;;;+2/p-2. The molecule has 0 heterocycles. The van der Waals surface area contributed by atoms with E-state index in [1.807, 2.05) is 0 Å². The number of benzene rings is 2. The first-order chi connectivity index (χ1) is 8.86. The minimum atomic E-state index is 0.125. The van der Waals surface area contributed by atoms with Crippen LogP contribution in [0.4, 0.5) is 0 Å². The Balaban J connectivity index is 0.000000367. The van der Waals surface area contributed by atoms with Crippen LogP contribution >= 0.6 is 26.3 Å². The molecule has 1 atom stereocenters. The quantitative estimate of drug-likeness (QED) is 0.553. The summed E-state index contributed by atoms with van der Waals surface area (Å²) in [5.41, 5.74) is 4.15. The van der Waals surface area contributed by atoms with E-state index in [2.05, 4.69) is 93.1 Å². The molecular formula is C15H12Br2Ti. The average molecular weight is 400 g/mol. The molecule has 3 heteroatoms. The first kappa shape index (κ1) is 14.3. The van der Waals surface area contributed by atoms with Gasteiger partial charge in [-0.3, -0.25) is 0 Å². The van der Waals surface area contributed by atoms with E-state index in [9.17, 15) is 0 Å². The van der Waals surface area contributed by atoms with Crippen molar-refractivity contribution in [1.29, 1.82) is 0 Å². The molecule has 0 saturated carbocycles. The van der Waals surface area contributed by atoms with Crippen molar-refractivity contribution in [2.75, 3.05) is 0 Å². The van der Waals surface area contributed by atoms with Crippen LogP contribution in [0.5, 0.6) is 0 Å². The number of hydrogen-bond donors (Lipinski definition) is 0. The van der Waals surface area contributed by atoms with Crippen LogP contribution in [0.15, 0.2) is 60.7 Å². The van der Waals surface area contributed by atoms with Crippen LogP contribution in [0.1, 0.15) is 22.6 Å². The summed E-state index contributed by atoms with van der Waals surface area (Å²) in [6.07, 6.45) is 4.49. The van der Waals surface area contributed by atoms with Crippen LogP contribution in [0.3, 0.4) is 0 Å². The van der Waals surface area contributed by atoms with E-state index in [1.165, 1.54) is 16.7 Å². The van der Waals surface area contributed by atoms with Gasteiger partial charge in [-0.15, -0.1) is 0 Å². The van der Waals surface area contributed by atoms with E-state index in [-0.39, 0.29) is 15.0 Å². The third-order valence-corrected chi connectivity index (χ3v) is 2.96. The molecule has 0 aromatic heterocycles. The monoisotopic (exact) mass is 398 g/mol. The van der Waals surface area contributed by atoms with Crippen LogP contribution in [-0.4, -0.2) is 0 Å². The number of hydrogen-bond acceptors (Lipinski definition) is 0. The third kappa shape index (κ3) is 3.45. The fourth-order valence-electron chi connectivity index (χ4n) is 2.20. The molecule has 0 nitrogen and oxygen atoms in total. The van der Waals surface area contributed by atoms with Gasteiger partial charge < -0.3 is 0 Å². The second-order valence-corrected chi connectivity index (χ2v) is 11.8. The predicted molar refractivity (Wildman–Crippen MR) is 81.6 cm³/mol. The Labute approximate surface area is 130 Å². The number of allylic oxidation sites excluding steroid dienone is 1. The minimum absolute atomic E-state index is 0.125. The molecule has 0 bridgehead atoms. The maximum atomic E-state index is 3.19. The number of halogens is 2. The molecule has 1 aliphatic carbocycles. The number of rotatable bonds is 1. The predicted octanol–water partition coefficient (Wildman–Crippen LogP) is 5.53. The van der Waals surface area contributed by atoms with Gasteiger partial charge >= 0.3 is 41.3 Å². The Hall–Kier alpha value is -0.146. The zero-order valence-electron chi connectivity index (χ0n) is 9.68. The van der Waals surface area contributed by atoms with Crippen LogP contribution in [-0.2, 0) is 15.0 Å². The van der Waals surface area contributed by atoms with Gasteiger partial charge in [0.2, 0.25) is 0 Å². The van der Waals surface area contributed by atoms with E-state index in [0.717, 1.165) is 0 Å². The van der Waals surface area contributed by atoms with E-state index in [4.69, 9.17) is 0 Å². The average Bonchev–Trinajstić information content (AvgIpc) is 2.84. The van der Waals surface area contributed by atoms with Gasteiger partial charge in [0, 0.05) is 5.92 Å². The van der Waals surface area contributed by atoms with Gasteiger partial charge in [-0.2, -0.15) is 0 Å². The third-order valence-electron chi connectivity index (χ3n) is 2.96. The summed E-state index contributed by atoms with van der Waals surface area (Å²) in [7, 11) is 0. The molecule has 2 aromatic carbocycles. The molecule has 3 rings (SSSR count). The summed E-state index contributed by atoms with van der Waals surface area (Å²) in [5, 5.41) is 0. The van der Waals surface area contributed by atoms with Crippen LogP contribution in [0, 0.1) is 0 Å². The van der Waals surface area contributed by atoms with Crippen molar-refractivity contribution in [3.05, 3.63) is 77.4 Å². The van der Waals surface area contributed by atoms with Gasteiger partial charge in [0.15, 0.2) is 0 Å². The van der Waals surface area contributed by atoms with Crippen LogP contribution in [0.25, 0.3) is 6.08 Å². The first-order valence-electron chi connectivity index (χ1n) is 5.65. The number of fused-ring (bicyclic) bond motifs is 1. The molecule has 0 fully saturated rings. The molecule has 0 saturated heterocycles. The van der Waals surface area contributed by atoms with Crippen molar-refractivity contribution in [2.45, 2.75) is 5.92 Å². The summed E-state index contributed by atoms with van der Waals surface area (Å²) in [5.74, 6) is 0.447. The van der Waals surface area contributed by atoms with Crippen LogP contribution < -0.4 is 0 Å². The topological polar surface area (TPSA) is 0 Å². The van der Waals surface area contributed by atoms with Crippen molar-refractivity contribution in [2.24, 2.45) is 0 Å². The molecule has 0 amide bonds. The molecule has 0 spiro atoms. The summed E-state index contributed by atoms with van der Waals surface area (Å²) in [6, 6.07) is 19.2. The Morgan fingerprint density at radius 1 is 0.833 bits per heavy atom. The van der Waals surface area contributed by atoms with Crippen molar-refractivity contribution in [3.63, 3.8) is 0 Å². The van der Waals surface area contributed by atoms with Crippen molar-refractivity contribution in [3.8, 4) is 0 Å². The first-order valence-corrected chi connectivity index (χ1v) is 13.4. The summed E-state index contributed by atoms with van der Waals surface area (Å²) < 4.78 is 0. The van der Waals surface area contributed by atoms with E-state index >= 15 is 0 Å². The molecule has 2 aromatic rings. The molecule has 1 aliphatic rings. The molecule has 0 aliphatic heterocycles. The fraction of sp³-hybridized carbons (Fsp3) is 0.0667. The maximum absolute atomic E-state index is 3.19. The van der Waals surface area contributed by atoms with E-state index in [0.29, 0.717) is 5.92 Å². The Morgan fingerprint density at radius 3 is 2.17 bits per heavy atom. The Morgan fingerprint density at radius 2 is 1.44 bits per heavy atom. The Bertz CT molecular complexity index is 523. The van der Waals surface area contributed by atoms with Gasteiger partial charge in [-0.25, -0.2) is 0 Å². The SMILES string of the molecule is C1=CC(c2ccccc2)c2ccccc21.[Br][Ti][Br]. The van der Waals surface area contributed by atoms with E-state index < -0.39 is 0 Å². The second-order valence-electron chi connectivity index (χ2n) is 3.95. The van der Waals surface area contributed by atoms with Gasteiger partial charge in [0.05, 0.1) is 0 Å². The molecular weight excluding hydrogens is 388 g/mol. The summed E-state index contributed by atoms with van der Waals surface area (Å²) >= 11 is 6.50. The molecule has 90 valence electrons. The van der Waals surface area contributed by atoms with E-state index in [1.54, 1.807) is 0 Å². The van der Waals surface area contributed by atoms with Gasteiger partial charge in [0.1, 0.15) is 0 Å². The Kier molecular flexibility index (Phi) is 5.90. The summed E-state index contributed by atoms with van der Waals surface area (Å²) in [4.78, 5) is 0. The van der Waals surface area contributed by atoms with Gasteiger partial charge in [-0.05, 0) is 16.7 Å². The molecule has 0 radical (unpaired) electrons. The molecule has 1 unspecified atom stereocenters. The zero-order chi connectivity index (χ0) is 12.8. The van der Waals surface area contributed by atoms with Crippen molar-refractivity contribution < 1.29 is 15.0 Å². The normalized spacial score (nSPS) is 15.6. The van der Waals surface area contributed by atoms with Crippen molar-refractivity contribution >= 4 is 32.4 Å². The second kappa shape index (κ2) is 7.45. The van der Waals surface area contributed by atoms with Gasteiger partial charge in [0.25, 0.3) is 0 Å². The molecule has 18 heavy (non-hydrogen) atoms. The fourth-order valence-corrected chi connectivity index (χ4v) is 2.20. The van der Waals surface area contributed by atoms with Crippen LogP contribution in [0.2, 0.25) is 0 Å². The van der Waals surface area contributed by atoms with Crippen molar-refractivity contribution in [1.82, 2.24) is 0 Å². The van der Waals surface area contributed by atoms with Gasteiger partial charge in [-0.1, -0.05) is 66.7 Å².